The minimum atomic E-state index is 0.0861. The second-order valence-electron chi connectivity index (χ2n) is 4.72. The van der Waals surface area contributed by atoms with Crippen LogP contribution < -0.4 is 5.32 Å². The van der Waals surface area contributed by atoms with Crippen LogP contribution in [0, 0.1) is 12.3 Å². The molecule has 0 radical (unpaired) electrons. The quantitative estimate of drug-likeness (QED) is 0.724. The summed E-state index contributed by atoms with van der Waals surface area (Å²) in [6.45, 7) is 7.42. The van der Waals surface area contributed by atoms with Gasteiger partial charge in [-0.25, -0.2) is 0 Å². The van der Waals surface area contributed by atoms with Gasteiger partial charge in [0.05, 0.1) is 11.6 Å². The predicted octanol–water partition coefficient (Wildman–Crippen LogP) is 2.73. The lowest BCUT2D eigenvalue weighted by molar-refractivity contribution is -0.0935. The summed E-state index contributed by atoms with van der Waals surface area (Å²) >= 11 is 0. The fourth-order valence-corrected chi connectivity index (χ4v) is 2.48. The Balaban J connectivity index is 2.53. The molecule has 0 aromatic heterocycles. The number of nitrogens with one attached hydrogen (secondary N) is 1. The molecule has 1 rings (SSSR count). The molecule has 2 heteroatoms. The zero-order chi connectivity index (χ0) is 12.0. The molecule has 0 bridgehead atoms. The lowest BCUT2D eigenvalue weighted by Crippen LogP contribution is -2.48. The zero-order valence-corrected chi connectivity index (χ0v) is 10.9. The number of hydrogen-bond acceptors (Lipinski definition) is 2. The van der Waals surface area contributed by atoms with E-state index in [1.807, 2.05) is 0 Å². The average Bonchev–Trinajstić information content (AvgIpc) is 2.36. The zero-order valence-electron chi connectivity index (χ0n) is 10.9. The van der Waals surface area contributed by atoms with E-state index in [2.05, 4.69) is 32.0 Å². The van der Waals surface area contributed by atoms with Crippen molar-refractivity contribution in [2.45, 2.75) is 70.6 Å². The van der Waals surface area contributed by atoms with Crippen molar-refractivity contribution in [3.05, 3.63) is 0 Å². The molecular weight excluding hydrogens is 198 g/mol. The average molecular weight is 223 g/mol. The summed E-state index contributed by atoms with van der Waals surface area (Å²) < 4.78 is 5.95. The number of hydrogen-bond donors (Lipinski definition) is 1. The first-order valence-electron chi connectivity index (χ1n) is 6.55. The van der Waals surface area contributed by atoms with Crippen LogP contribution in [0.3, 0.4) is 0 Å². The monoisotopic (exact) mass is 223 g/mol. The van der Waals surface area contributed by atoms with Crippen LogP contribution >= 0.6 is 0 Å². The van der Waals surface area contributed by atoms with Crippen molar-refractivity contribution in [3.8, 4) is 12.3 Å². The number of ether oxygens (including phenoxy) is 1. The van der Waals surface area contributed by atoms with Crippen molar-refractivity contribution in [3.63, 3.8) is 0 Å². The van der Waals surface area contributed by atoms with Gasteiger partial charge in [0.15, 0.2) is 0 Å². The van der Waals surface area contributed by atoms with Gasteiger partial charge in [0, 0.05) is 12.6 Å². The Morgan fingerprint density at radius 1 is 1.44 bits per heavy atom. The standard InChI is InChI=1S/C14H25NO/c1-5-12(6-2)15-13-9-10-16-14(7-3,8-4)11-13/h1,12-13,15H,6-11H2,2-4H3. The topological polar surface area (TPSA) is 21.3 Å². The van der Waals surface area contributed by atoms with Crippen molar-refractivity contribution < 1.29 is 4.74 Å². The van der Waals surface area contributed by atoms with Crippen molar-refractivity contribution in [1.29, 1.82) is 0 Å². The summed E-state index contributed by atoms with van der Waals surface area (Å²) in [5, 5.41) is 3.56. The summed E-state index contributed by atoms with van der Waals surface area (Å²) in [5.41, 5.74) is 0.0861. The highest BCUT2D eigenvalue weighted by Gasteiger charge is 2.34. The summed E-state index contributed by atoms with van der Waals surface area (Å²) in [4.78, 5) is 0. The molecule has 1 fully saturated rings. The van der Waals surface area contributed by atoms with Gasteiger partial charge in [-0.15, -0.1) is 6.42 Å². The SMILES string of the molecule is C#CC(CC)NC1CCOC(CC)(CC)C1. The van der Waals surface area contributed by atoms with Gasteiger partial charge in [-0.05, 0) is 32.1 Å². The summed E-state index contributed by atoms with van der Waals surface area (Å²) in [5.74, 6) is 2.81. The molecule has 92 valence electrons. The van der Waals surface area contributed by atoms with E-state index in [9.17, 15) is 0 Å². The molecule has 0 aliphatic carbocycles. The number of rotatable bonds is 5. The van der Waals surface area contributed by atoms with Crippen LogP contribution in [-0.2, 0) is 4.74 Å². The largest absolute Gasteiger partial charge is 0.375 e. The van der Waals surface area contributed by atoms with Gasteiger partial charge < -0.3 is 10.1 Å². The van der Waals surface area contributed by atoms with Gasteiger partial charge in [0.1, 0.15) is 0 Å². The van der Waals surface area contributed by atoms with Crippen molar-refractivity contribution >= 4 is 0 Å². The molecule has 1 saturated heterocycles. The highest BCUT2D eigenvalue weighted by Crippen LogP contribution is 2.31. The highest BCUT2D eigenvalue weighted by atomic mass is 16.5. The van der Waals surface area contributed by atoms with E-state index >= 15 is 0 Å². The minimum absolute atomic E-state index is 0.0861. The maximum absolute atomic E-state index is 5.95. The molecule has 0 aromatic rings. The highest BCUT2D eigenvalue weighted by molar-refractivity contribution is 5.00. The van der Waals surface area contributed by atoms with Gasteiger partial charge in [-0.3, -0.25) is 0 Å². The Labute approximate surface area is 100 Å². The molecule has 0 amide bonds. The third-order valence-corrected chi connectivity index (χ3v) is 3.83. The number of terminal acetylenes is 1. The maximum Gasteiger partial charge on any atom is 0.0692 e. The molecule has 2 unspecified atom stereocenters. The van der Waals surface area contributed by atoms with E-state index in [0.29, 0.717) is 6.04 Å². The molecule has 1 N–H and O–H groups in total. The van der Waals surface area contributed by atoms with Gasteiger partial charge in [-0.2, -0.15) is 0 Å². The molecule has 16 heavy (non-hydrogen) atoms. The molecule has 2 nitrogen and oxygen atoms in total. The smallest absolute Gasteiger partial charge is 0.0692 e. The first kappa shape index (κ1) is 13.5. The molecule has 1 aliphatic rings. The third kappa shape index (κ3) is 3.23. The lowest BCUT2D eigenvalue weighted by atomic mass is 9.85. The van der Waals surface area contributed by atoms with Crippen molar-refractivity contribution in [2.24, 2.45) is 0 Å². The van der Waals surface area contributed by atoms with Crippen LogP contribution in [0.25, 0.3) is 0 Å². The van der Waals surface area contributed by atoms with Crippen LogP contribution in [0.4, 0.5) is 0 Å². The Morgan fingerprint density at radius 2 is 2.12 bits per heavy atom. The van der Waals surface area contributed by atoms with Crippen LogP contribution in [0.1, 0.15) is 52.9 Å². The molecule has 2 atom stereocenters. The first-order chi connectivity index (χ1) is 7.69. The predicted molar refractivity (Wildman–Crippen MR) is 68.3 cm³/mol. The van der Waals surface area contributed by atoms with Crippen LogP contribution in [0.5, 0.6) is 0 Å². The summed E-state index contributed by atoms with van der Waals surface area (Å²) in [6, 6.07) is 0.740. The molecule has 0 aromatic carbocycles. The molecule has 0 spiro atoms. The van der Waals surface area contributed by atoms with Gasteiger partial charge in [0.2, 0.25) is 0 Å². The summed E-state index contributed by atoms with van der Waals surface area (Å²) in [6.07, 6.45) is 10.9. The molecular formula is C14H25NO. The van der Waals surface area contributed by atoms with Crippen LogP contribution in [0.2, 0.25) is 0 Å². The lowest BCUT2D eigenvalue weighted by Gasteiger charge is -2.41. The van der Waals surface area contributed by atoms with Crippen molar-refractivity contribution in [2.75, 3.05) is 6.61 Å². The minimum Gasteiger partial charge on any atom is -0.375 e. The second kappa shape index (κ2) is 6.27. The van der Waals surface area contributed by atoms with E-state index in [-0.39, 0.29) is 11.6 Å². The molecule has 1 aliphatic heterocycles. The van der Waals surface area contributed by atoms with Gasteiger partial charge in [-0.1, -0.05) is 26.7 Å². The summed E-state index contributed by atoms with van der Waals surface area (Å²) in [7, 11) is 0. The second-order valence-corrected chi connectivity index (χ2v) is 4.72. The Bertz CT molecular complexity index is 240. The Hall–Kier alpha value is -0.520. The molecule has 1 heterocycles. The fourth-order valence-electron chi connectivity index (χ4n) is 2.48. The van der Waals surface area contributed by atoms with Gasteiger partial charge >= 0.3 is 0 Å². The van der Waals surface area contributed by atoms with Crippen LogP contribution in [0.15, 0.2) is 0 Å². The third-order valence-electron chi connectivity index (χ3n) is 3.83. The van der Waals surface area contributed by atoms with E-state index in [1.165, 1.54) is 0 Å². The van der Waals surface area contributed by atoms with E-state index in [1.54, 1.807) is 0 Å². The molecule has 0 saturated carbocycles. The normalized spacial score (nSPS) is 26.0. The van der Waals surface area contributed by atoms with Crippen LogP contribution in [-0.4, -0.2) is 24.3 Å². The first-order valence-corrected chi connectivity index (χ1v) is 6.55. The Kier molecular flexibility index (Phi) is 5.31. The van der Waals surface area contributed by atoms with E-state index in [4.69, 9.17) is 11.2 Å². The maximum atomic E-state index is 5.95. The fraction of sp³-hybridized carbons (Fsp3) is 0.857. The van der Waals surface area contributed by atoms with Gasteiger partial charge in [0.25, 0.3) is 0 Å². The van der Waals surface area contributed by atoms with E-state index < -0.39 is 0 Å². The van der Waals surface area contributed by atoms with Crippen molar-refractivity contribution in [1.82, 2.24) is 5.32 Å². The Morgan fingerprint density at radius 3 is 2.62 bits per heavy atom. The van der Waals surface area contributed by atoms with E-state index in [0.717, 1.165) is 38.7 Å².